The summed E-state index contributed by atoms with van der Waals surface area (Å²) < 4.78 is 19.3. The van der Waals surface area contributed by atoms with Gasteiger partial charge in [-0.3, -0.25) is 14.5 Å². The molecule has 164 valence electrons. The highest BCUT2D eigenvalue weighted by molar-refractivity contribution is 5.99. The molecule has 0 atom stereocenters. The number of carbonyl (C=O) groups excluding carboxylic acids is 2. The fourth-order valence-corrected chi connectivity index (χ4v) is 3.48. The maximum Gasteiger partial charge on any atom is 0.244 e. The quantitative estimate of drug-likeness (QED) is 0.618. The van der Waals surface area contributed by atoms with E-state index in [9.17, 15) is 14.0 Å². The predicted octanol–water partition coefficient (Wildman–Crippen LogP) is 2.54. The summed E-state index contributed by atoms with van der Waals surface area (Å²) in [5.41, 5.74) is 5.75. The van der Waals surface area contributed by atoms with Crippen LogP contribution in [0.25, 0.3) is 0 Å². The normalized spacial score (nSPS) is 18.3. The molecule has 2 aliphatic rings. The van der Waals surface area contributed by atoms with Gasteiger partial charge in [-0.15, -0.1) is 24.8 Å². The largest absolute Gasteiger partial charge is 0.379 e. The van der Waals surface area contributed by atoms with Crippen LogP contribution in [0.2, 0.25) is 0 Å². The lowest BCUT2D eigenvalue weighted by atomic mass is 9.98. The summed E-state index contributed by atoms with van der Waals surface area (Å²) in [6.45, 7) is 3.53. The van der Waals surface area contributed by atoms with Gasteiger partial charge in [0.1, 0.15) is 5.82 Å². The zero-order valence-electron chi connectivity index (χ0n) is 16.2. The van der Waals surface area contributed by atoms with E-state index >= 15 is 0 Å². The van der Waals surface area contributed by atoms with Gasteiger partial charge in [0.25, 0.3) is 0 Å². The molecule has 0 aromatic heterocycles. The maximum absolute atomic E-state index is 14.1. The Morgan fingerprint density at radius 1 is 1.14 bits per heavy atom. The van der Waals surface area contributed by atoms with Gasteiger partial charge in [0.15, 0.2) is 0 Å². The van der Waals surface area contributed by atoms with Gasteiger partial charge >= 0.3 is 0 Å². The van der Waals surface area contributed by atoms with Gasteiger partial charge in [0.2, 0.25) is 11.8 Å². The first-order valence-electron chi connectivity index (χ1n) is 9.46. The number of carbonyl (C=O) groups is 2. The Hall–Kier alpha value is -1.45. The highest BCUT2D eigenvalue weighted by Gasteiger charge is 2.37. The molecular formula is C19H29Cl2FN4O3. The molecule has 0 radical (unpaired) electrons. The van der Waals surface area contributed by atoms with E-state index < -0.39 is 11.4 Å². The highest BCUT2D eigenvalue weighted by atomic mass is 35.5. The predicted molar refractivity (Wildman–Crippen MR) is 115 cm³/mol. The van der Waals surface area contributed by atoms with Crippen LogP contribution >= 0.6 is 24.8 Å². The first kappa shape index (κ1) is 25.6. The maximum atomic E-state index is 14.1. The summed E-state index contributed by atoms with van der Waals surface area (Å²) in [5, 5.41) is 5.33. The molecule has 7 nitrogen and oxygen atoms in total. The van der Waals surface area contributed by atoms with Crippen molar-refractivity contribution in [2.45, 2.75) is 37.6 Å². The highest BCUT2D eigenvalue weighted by Crippen LogP contribution is 2.29. The van der Waals surface area contributed by atoms with E-state index in [1.54, 1.807) is 0 Å². The Morgan fingerprint density at radius 3 is 2.45 bits per heavy atom. The Labute approximate surface area is 182 Å². The molecule has 1 aromatic rings. The van der Waals surface area contributed by atoms with E-state index in [1.165, 1.54) is 18.2 Å². The Kier molecular flexibility index (Phi) is 10.3. The number of anilines is 2. The Morgan fingerprint density at radius 2 is 1.79 bits per heavy atom. The average molecular weight is 451 g/mol. The summed E-state index contributed by atoms with van der Waals surface area (Å²) in [7, 11) is 0. The molecule has 1 aliphatic heterocycles. The van der Waals surface area contributed by atoms with Crippen molar-refractivity contribution in [2.24, 2.45) is 5.73 Å². The lowest BCUT2D eigenvalue weighted by Crippen LogP contribution is -2.48. The molecule has 10 heteroatoms. The van der Waals surface area contributed by atoms with E-state index in [1.807, 2.05) is 0 Å². The number of nitrogens with two attached hydrogens (primary N) is 1. The fourth-order valence-electron chi connectivity index (χ4n) is 3.48. The number of rotatable bonds is 6. The van der Waals surface area contributed by atoms with Crippen LogP contribution < -0.4 is 16.4 Å². The minimum Gasteiger partial charge on any atom is -0.379 e. The van der Waals surface area contributed by atoms with Crippen molar-refractivity contribution in [1.29, 1.82) is 0 Å². The molecule has 1 saturated carbocycles. The van der Waals surface area contributed by atoms with Crippen LogP contribution in [-0.4, -0.2) is 55.1 Å². The SMILES string of the molecule is Cl.Cl.NC1(C(=O)Nc2ccc(F)c(NC(=O)CCN3CCOCC3)c2)CCCC1. The zero-order valence-corrected chi connectivity index (χ0v) is 17.9. The van der Waals surface area contributed by atoms with Crippen molar-refractivity contribution in [1.82, 2.24) is 4.90 Å². The molecule has 0 spiro atoms. The van der Waals surface area contributed by atoms with Crippen molar-refractivity contribution < 1.29 is 18.7 Å². The fraction of sp³-hybridized carbons (Fsp3) is 0.579. The first-order chi connectivity index (χ1) is 13.0. The third-order valence-electron chi connectivity index (χ3n) is 5.21. The Bertz CT molecular complexity index is 696. The van der Waals surface area contributed by atoms with E-state index in [4.69, 9.17) is 10.5 Å². The minimum atomic E-state index is -0.865. The number of benzene rings is 1. The number of nitrogens with zero attached hydrogens (tertiary/aromatic N) is 1. The molecular weight excluding hydrogens is 422 g/mol. The van der Waals surface area contributed by atoms with Crippen LogP contribution in [0.15, 0.2) is 18.2 Å². The summed E-state index contributed by atoms with van der Waals surface area (Å²) in [4.78, 5) is 26.7. The lowest BCUT2D eigenvalue weighted by molar-refractivity contribution is -0.121. The summed E-state index contributed by atoms with van der Waals surface area (Å²) in [6, 6.07) is 4.12. The van der Waals surface area contributed by atoms with Crippen molar-refractivity contribution in [2.75, 3.05) is 43.5 Å². The van der Waals surface area contributed by atoms with Crippen LogP contribution in [0.3, 0.4) is 0 Å². The monoisotopic (exact) mass is 450 g/mol. The van der Waals surface area contributed by atoms with E-state index in [2.05, 4.69) is 15.5 Å². The van der Waals surface area contributed by atoms with Crippen LogP contribution in [0.4, 0.5) is 15.8 Å². The van der Waals surface area contributed by atoms with Gasteiger partial charge in [0, 0.05) is 31.7 Å². The van der Waals surface area contributed by atoms with Crippen molar-refractivity contribution in [3.63, 3.8) is 0 Å². The molecule has 2 fully saturated rings. The zero-order chi connectivity index (χ0) is 19.3. The summed E-state index contributed by atoms with van der Waals surface area (Å²) >= 11 is 0. The topological polar surface area (TPSA) is 96.7 Å². The smallest absolute Gasteiger partial charge is 0.244 e. The Balaban J connectivity index is 0.00000210. The van der Waals surface area contributed by atoms with Crippen molar-refractivity contribution in [3.8, 4) is 0 Å². The average Bonchev–Trinajstić information content (AvgIpc) is 3.12. The number of ether oxygens (including phenoxy) is 1. The second kappa shape index (κ2) is 11.7. The van der Waals surface area contributed by atoms with E-state index in [-0.39, 0.29) is 48.7 Å². The second-order valence-electron chi connectivity index (χ2n) is 7.26. The molecule has 1 heterocycles. The number of halogens is 3. The number of amides is 2. The van der Waals surface area contributed by atoms with Crippen LogP contribution in [0, 0.1) is 5.82 Å². The molecule has 3 rings (SSSR count). The van der Waals surface area contributed by atoms with Gasteiger partial charge in [0.05, 0.1) is 24.4 Å². The third-order valence-corrected chi connectivity index (χ3v) is 5.21. The first-order valence-corrected chi connectivity index (χ1v) is 9.46. The minimum absolute atomic E-state index is 0. The molecule has 1 saturated heterocycles. The van der Waals surface area contributed by atoms with Crippen LogP contribution in [-0.2, 0) is 14.3 Å². The van der Waals surface area contributed by atoms with Gasteiger partial charge < -0.3 is 21.1 Å². The number of nitrogens with one attached hydrogen (secondary N) is 2. The van der Waals surface area contributed by atoms with Crippen LogP contribution in [0.5, 0.6) is 0 Å². The molecule has 0 unspecified atom stereocenters. The molecule has 1 aliphatic carbocycles. The van der Waals surface area contributed by atoms with Crippen molar-refractivity contribution in [3.05, 3.63) is 24.0 Å². The lowest BCUT2D eigenvalue weighted by Gasteiger charge is -2.26. The summed E-state index contributed by atoms with van der Waals surface area (Å²) in [6.07, 6.45) is 3.41. The molecule has 2 amide bonds. The van der Waals surface area contributed by atoms with Gasteiger partial charge in [-0.1, -0.05) is 12.8 Å². The number of morpholine rings is 1. The summed E-state index contributed by atoms with van der Waals surface area (Å²) in [5.74, 6) is -1.08. The standard InChI is InChI=1S/C19H27FN4O3.2ClH/c20-15-4-3-14(22-18(26)19(21)6-1-2-7-19)13-16(15)23-17(25)5-8-24-9-11-27-12-10-24;;/h3-4,13H,1-2,5-12,21H2,(H,22,26)(H,23,25);2*1H. The second-order valence-corrected chi connectivity index (χ2v) is 7.26. The third kappa shape index (κ3) is 7.08. The number of hydrogen-bond donors (Lipinski definition) is 3. The van der Waals surface area contributed by atoms with Gasteiger partial charge in [-0.2, -0.15) is 0 Å². The molecule has 1 aromatic carbocycles. The molecule has 29 heavy (non-hydrogen) atoms. The van der Waals surface area contributed by atoms with E-state index in [0.717, 1.165) is 25.9 Å². The number of hydrogen-bond acceptors (Lipinski definition) is 5. The van der Waals surface area contributed by atoms with Gasteiger partial charge in [-0.05, 0) is 31.0 Å². The molecule has 0 bridgehead atoms. The molecule has 4 N–H and O–H groups in total. The van der Waals surface area contributed by atoms with Crippen LogP contribution in [0.1, 0.15) is 32.1 Å². The van der Waals surface area contributed by atoms with E-state index in [0.29, 0.717) is 38.3 Å². The van der Waals surface area contributed by atoms with Gasteiger partial charge in [-0.25, -0.2) is 4.39 Å². The van der Waals surface area contributed by atoms with Crippen molar-refractivity contribution >= 4 is 48.0 Å².